The quantitative estimate of drug-likeness (QED) is 0.760. The second-order valence-corrected chi connectivity index (χ2v) is 7.17. The first kappa shape index (κ1) is 19.3. The number of ether oxygens (including phenoxy) is 1. The summed E-state index contributed by atoms with van der Waals surface area (Å²) in [7, 11) is 0. The van der Waals surface area contributed by atoms with Crippen molar-refractivity contribution in [2.75, 3.05) is 72.1 Å². The summed E-state index contributed by atoms with van der Waals surface area (Å²) in [6.07, 6.45) is 4.45. The second kappa shape index (κ2) is 10.6. The molecule has 3 rings (SSSR count). The first-order valence-electron chi connectivity index (χ1n) is 9.58. The molecule has 0 unspecified atom stereocenters. The van der Waals surface area contributed by atoms with Gasteiger partial charge >= 0.3 is 0 Å². The Balaban J connectivity index is 1.30. The fourth-order valence-electron chi connectivity index (χ4n) is 3.29. The van der Waals surface area contributed by atoms with E-state index in [1.54, 1.807) is 0 Å². The van der Waals surface area contributed by atoms with E-state index < -0.39 is 0 Å². The van der Waals surface area contributed by atoms with E-state index >= 15 is 0 Å². The molecule has 0 bridgehead atoms. The summed E-state index contributed by atoms with van der Waals surface area (Å²) in [5, 5.41) is 4.32. The SMILES string of the molecule is S=C(NCCN1CCOCC1)N1CCN(CC=Cc2ccccc2)CC1. The van der Waals surface area contributed by atoms with Crippen molar-refractivity contribution in [3.63, 3.8) is 0 Å². The van der Waals surface area contributed by atoms with Gasteiger partial charge in [-0.2, -0.15) is 0 Å². The number of rotatable bonds is 6. The molecule has 0 spiro atoms. The molecule has 2 fully saturated rings. The lowest BCUT2D eigenvalue weighted by molar-refractivity contribution is 0.0388. The van der Waals surface area contributed by atoms with Gasteiger partial charge in [0.25, 0.3) is 0 Å². The summed E-state index contributed by atoms with van der Waals surface area (Å²) in [6.45, 7) is 10.8. The molecule has 26 heavy (non-hydrogen) atoms. The smallest absolute Gasteiger partial charge is 0.169 e. The molecule has 1 aromatic rings. The van der Waals surface area contributed by atoms with Gasteiger partial charge < -0.3 is 15.0 Å². The minimum Gasteiger partial charge on any atom is -0.379 e. The predicted octanol–water partition coefficient (Wildman–Crippen LogP) is 1.52. The van der Waals surface area contributed by atoms with Crippen LogP contribution in [-0.2, 0) is 4.74 Å². The highest BCUT2D eigenvalue weighted by molar-refractivity contribution is 7.80. The van der Waals surface area contributed by atoms with Gasteiger partial charge in [-0.25, -0.2) is 0 Å². The number of hydrogen-bond donors (Lipinski definition) is 1. The zero-order valence-corrected chi connectivity index (χ0v) is 16.3. The maximum atomic E-state index is 5.57. The molecule has 142 valence electrons. The van der Waals surface area contributed by atoms with Gasteiger partial charge in [0, 0.05) is 58.9 Å². The van der Waals surface area contributed by atoms with Crippen LogP contribution >= 0.6 is 12.2 Å². The first-order valence-corrected chi connectivity index (χ1v) is 9.99. The molecule has 6 heteroatoms. The van der Waals surface area contributed by atoms with Crippen LogP contribution in [0.1, 0.15) is 5.56 Å². The molecule has 5 nitrogen and oxygen atoms in total. The molecule has 1 aromatic carbocycles. The van der Waals surface area contributed by atoms with Crippen LogP contribution in [0.15, 0.2) is 36.4 Å². The number of benzene rings is 1. The summed E-state index contributed by atoms with van der Waals surface area (Å²) < 4.78 is 5.38. The zero-order chi connectivity index (χ0) is 18.0. The van der Waals surface area contributed by atoms with Crippen LogP contribution in [0.4, 0.5) is 0 Å². The van der Waals surface area contributed by atoms with E-state index in [-0.39, 0.29) is 0 Å². The molecule has 1 N–H and O–H groups in total. The standard InChI is InChI=1S/C20H30N4OS/c26-20(21-8-10-23-15-17-25-18-16-23)24-13-11-22(12-14-24)9-4-7-19-5-2-1-3-6-19/h1-7H,8-18H2,(H,21,26). The molecule has 2 aliphatic rings. The van der Waals surface area contributed by atoms with Crippen LogP contribution in [0.3, 0.4) is 0 Å². The summed E-state index contributed by atoms with van der Waals surface area (Å²) in [5.41, 5.74) is 1.26. The Morgan fingerprint density at radius 2 is 1.73 bits per heavy atom. The normalized spacial score (nSPS) is 19.8. The van der Waals surface area contributed by atoms with E-state index in [1.807, 2.05) is 0 Å². The Labute approximate surface area is 162 Å². The van der Waals surface area contributed by atoms with Gasteiger partial charge in [-0.05, 0) is 17.8 Å². The lowest BCUT2D eigenvalue weighted by Crippen LogP contribution is -2.52. The van der Waals surface area contributed by atoms with Crippen molar-refractivity contribution >= 4 is 23.4 Å². The summed E-state index contributed by atoms with van der Waals surface area (Å²) in [5.74, 6) is 0. The fraction of sp³-hybridized carbons (Fsp3) is 0.550. The second-order valence-electron chi connectivity index (χ2n) is 6.79. The van der Waals surface area contributed by atoms with Gasteiger partial charge in [0.1, 0.15) is 0 Å². The number of hydrogen-bond acceptors (Lipinski definition) is 4. The lowest BCUT2D eigenvalue weighted by atomic mass is 10.2. The van der Waals surface area contributed by atoms with Crippen LogP contribution in [0.2, 0.25) is 0 Å². The Bertz CT molecular complexity index is 566. The first-order chi connectivity index (χ1) is 12.8. The maximum absolute atomic E-state index is 5.57. The van der Waals surface area contributed by atoms with Crippen LogP contribution in [0, 0.1) is 0 Å². The molecule has 0 saturated carbocycles. The summed E-state index contributed by atoms with van der Waals surface area (Å²) >= 11 is 5.57. The van der Waals surface area contributed by atoms with E-state index in [1.165, 1.54) is 5.56 Å². The molecule has 0 radical (unpaired) electrons. The van der Waals surface area contributed by atoms with Crippen molar-refractivity contribution in [1.29, 1.82) is 0 Å². The number of thiocarbonyl (C=S) groups is 1. The largest absolute Gasteiger partial charge is 0.379 e. The van der Waals surface area contributed by atoms with Crippen molar-refractivity contribution < 1.29 is 4.74 Å². The lowest BCUT2D eigenvalue weighted by Gasteiger charge is -2.36. The minimum atomic E-state index is 0.852. The van der Waals surface area contributed by atoms with Crippen molar-refractivity contribution in [3.8, 4) is 0 Å². The molecule has 0 atom stereocenters. The highest BCUT2D eigenvalue weighted by Crippen LogP contribution is 2.05. The third kappa shape index (κ3) is 6.36. The van der Waals surface area contributed by atoms with Gasteiger partial charge in [-0.3, -0.25) is 9.80 Å². The Kier molecular flexibility index (Phi) is 7.88. The molecule has 0 amide bonds. The van der Waals surface area contributed by atoms with Gasteiger partial charge in [0.15, 0.2) is 5.11 Å². The fourth-order valence-corrected chi connectivity index (χ4v) is 3.58. The van der Waals surface area contributed by atoms with Gasteiger partial charge in [0.05, 0.1) is 13.2 Å². The predicted molar refractivity (Wildman–Crippen MR) is 111 cm³/mol. The van der Waals surface area contributed by atoms with E-state index in [9.17, 15) is 0 Å². The van der Waals surface area contributed by atoms with Gasteiger partial charge in [-0.15, -0.1) is 0 Å². The van der Waals surface area contributed by atoms with Crippen LogP contribution < -0.4 is 5.32 Å². The Hall–Kier alpha value is -1.47. The molecule has 2 heterocycles. The molecule has 2 saturated heterocycles. The van der Waals surface area contributed by atoms with Crippen LogP contribution in [0.25, 0.3) is 6.08 Å². The van der Waals surface area contributed by atoms with E-state index in [2.05, 4.69) is 62.5 Å². The van der Waals surface area contributed by atoms with Crippen molar-refractivity contribution in [1.82, 2.24) is 20.0 Å². The van der Waals surface area contributed by atoms with Crippen LogP contribution in [-0.4, -0.2) is 91.9 Å². The van der Waals surface area contributed by atoms with Gasteiger partial charge in [-0.1, -0.05) is 42.5 Å². The average molecular weight is 375 g/mol. The number of nitrogens with one attached hydrogen (secondary N) is 1. The third-order valence-electron chi connectivity index (χ3n) is 4.94. The summed E-state index contributed by atoms with van der Waals surface area (Å²) in [6, 6.07) is 10.5. The van der Waals surface area contributed by atoms with Crippen molar-refractivity contribution in [3.05, 3.63) is 42.0 Å². The number of morpholine rings is 1. The summed E-state index contributed by atoms with van der Waals surface area (Å²) in [4.78, 5) is 7.20. The molecule has 0 aromatic heterocycles. The highest BCUT2D eigenvalue weighted by Gasteiger charge is 2.18. The van der Waals surface area contributed by atoms with Crippen LogP contribution in [0.5, 0.6) is 0 Å². The molecular weight excluding hydrogens is 344 g/mol. The molecular formula is C20H30N4OS. The Morgan fingerprint density at radius 3 is 2.46 bits per heavy atom. The molecule has 2 aliphatic heterocycles. The van der Waals surface area contributed by atoms with E-state index in [0.717, 1.165) is 77.2 Å². The third-order valence-corrected chi connectivity index (χ3v) is 5.34. The monoisotopic (exact) mass is 374 g/mol. The minimum absolute atomic E-state index is 0.852. The maximum Gasteiger partial charge on any atom is 0.169 e. The van der Waals surface area contributed by atoms with Crippen molar-refractivity contribution in [2.24, 2.45) is 0 Å². The van der Waals surface area contributed by atoms with Crippen molar-refractivity contribution in [2.45, 2.75) is 0 Å². The van der Waals surface area contributed by atoms with E-state index in [0.29, 0.717) is 0 Å². The number of piperazine rings is 1. The molecule has 0 aliphatic carbocycles. The Morgan fingerprint density at radius 1 is 1.00 bits per heavy atom. The number of nitrogens with zero attached hydrogens (tertiary/aromatic N) is 3. The average Bonchev–Trinajstić information content (AvgIpc) is 2.70. The van der Waals surface area contributed by atoms with Gasteiger partial charge in [0.2, 0.25) is 0 Å². The topological polar surface area (TPSA) is 31.0 Å². The van der Waals surface area contributed by atoms with E-state index in [4.69, 9.17) is 17.0 Å². The zero-order valence-electron chi connectivity index (χ0n) is 15.5. The highest BCUT2D eigenvalue weighted by atomic mass is 32.1.